The smallest absolute Gasteiger partial charge is 0.242 e. The van der Waals surface area contributed by atoms with Crippen LogP contribution in [-0.2, 0) is 4.79 Å². The summed E-state index contributed by atoms with van der Waals surface area (Å²) in [5.74, 6) is 0.456. The summed E-state index contributed by atoms with van der Waals surface area (Å²) in [5.41, 5.74) is 0.881. The molecule has 0 N–H and O–H groups in total. The minimum absolute atomic E-state index is 0.0217. The third-order valence-electron chi connectivity index (χ3n) is 1.71. The van der Waals surface area contributed by atoms with Gasteiger partial charge in [0.05, 0.1) is 0 Å². The summed E-state index contributed by atoms with van der Waals surface area (Å²) in [6.07, 6.45) is 0. The molecule has 0 atom stereocenters. The number of alkyl halides is 1. The molecule has 1 amide bonds. The van der Waals surface area contributed by atoms with Crippen LogP contribution in [-0.4, -0.2) is 23.8 Å². The predicted molar refractivity (Wildman–Crippen MR) is 53.1 cm³/mol. The molecule has 0 spiro atoms. The molecular formula is C9H11ClN2O. The number of halogens is 1. The van der Waals surface area contributed by atoms with E-state index in [0.717, 1.165) is 5.69 Å². The Balaban J connectivity index is 2.88. The highest BCUT2D eigenvalue weighted by Crippen LogP contribution is 2.09. The maximum atomic E-state index is 11.2. The van der Waals surface area contributed by atoms with Crippen LogP contribution in [0.1, 0.15) is 5.69 Å². The lowest BCUT2D eigenvalue weighted by Gasteiger charge is -2.14. The van der Waals surface area contributed by atoms with Crippen molar-refractivity contribution in [3.8, 4) is 0 Å². The Hall–Kier alpha value is -1.09. The molecule has 70 valence electrons. The van der Waals surface area contributed by atoms with Crippen LogP contribution >= 0.6 is 11.6 Å². The molecule has 0 aliphatic carbocycles. The van der Waals surface area contributed by atoms with Gasteiger partial charge in [0.2, 0.25) is 5.91 Å². The molecule has 0 fully saturated rings. The van der Waals surface area contributed by atoms with Crippen LogP contribution in [0.25, 0.3) is 0 Å². The summed E-state index contributed by atoms with van der Waals surface area (Å²) < 4.78 is 0. The Morgan fingerprint density at radius 3 is 2.85 bits per heavy atom. The third-order valence-corrected chi connectivity index (χ3v) is 1.93. The lowest BCUT2D eigenvalue weighted by molar-refractivity contribution is -0.116. The highest BCUT2D eigenvalue weighted by molar-refractivity contribution is 6.29. The monoisotopic (exact) mass is 198 g/mol. The van der Waals surface area contributed by atoms with Crippen LogP contribution < -0.4 is 4.90 Å². The number of hydrogen-bond donors (Lipinski definition) is 0. The normalized spacial score (nSPS) is 9.77. The van der Waals surface area contributed by atoms with Gasteiger partial charge in [0.15, 0.2) is 0 Å². The van der Waals surface area contributed by atoms with Gasteiger partial charge in [-0.15, -0.1) is 11.6 Å². The number of carbonyl (C=O) groups is 1. The molecule has 0 unspecified atom stereocenters. The van der Waals surface area contributed by atoms with Gasteiger partial charge in [-0.1, -0.05) is 6.07 Å². The number of nitrogens with zero attached hydrogens (tertiary/aromatic N) is 2. The number of carbonyl (C=O) groups excluding carboxylic acids is 1. The molecule has 0 radical (unpaired) electrons. The van der Waals surface area contributed by atoms with E-state index in [1.165, 1.54) is 4.90 Å². The van der Waals surface area contributed by atoms with E-state index < -0.39 is 0 Å². The van der Waals surface area contributed by atoms with E-state index in [2.05, 4.69) is 4.98 Å². The van der Waals surface area contributed by atoms with Crippen LogP contribution in [0.4, 0.5) is 5.82 Å². The maximum absolute atomic E-state index is 11.2. The van der Waals surface area contributed by atoms with Crippen molar-refractivity contribution < 1.29 is 4.79 Å². The van der Waals surface area contributed by atoms with Crippen LogP contribution in [0.3, 0.4) is 0 Å². The zero-order valence-corrected chi connectivity index (χ0v) is 8.38. The second-order valence-corrected chi connectivity index (χ2v) is 2.99. The summed E-state index contributed by atoms with van der Waals surface area (Å²) in [6.45, 7) is 1.88. The topological polar surface area (TPSA) is 33.2 Å². The Morgan fingerprint density at radius 1 is 1.62 bits per heavy atom. The quantitative estimate of drug-likeness (QED) is 0.677. The zero-order chi connectivity index (χ0) is 9.84. The van der Waals surface area contributed by atoms with Gasteiger partial charge in [0, 0.05) is 12.7 Å². The van der Waals surface area contributed by atoms with Crippen LogP contribution in [0, 0.1) is 6.92 Å². The lowest BCUT2D eigenvalue weighted by Crippen LogP contribution is -2.28. The Labute approximate surface area is 82.3 Å². The van der Waals surface area contributed by atoms with E-state index in [1.807, 2.05) is 19.1 Å². The van der Waals surface area contributed by atoms with Gasteiger partial charge in [-0.25, -0.2) is 4.98 Å². The van der Waals surface area contributed by atoms with Crippen molar-refractivity contribution in [2.45, 2.75) is 6.92 Å². The van der Waals surface area contributed by atoms with Crippen molar-refractivity contribution >= 4 is 23.3 Å². The van der Waals surface area contributed by atoms with Gasteiger partial charge in [-0.2, -0.15) is 0 Å². The van der Waals surface area contributed by atoms with Crippen LogP contribution in [0.5, 0.6) is 0 Å². The summed E-state index contributed by atoms with van der Waals surface area (Å²) >= 11 is 5.42. The molecule has 0 saturated carbocycles. The molecule has 1 rings (SSSR count). The van der Waals surface area contributed by atoms with Gasteiger partial charge in [-0.05, 0) is 19.1 Å². The number of hydrogen-bond acceptors (Lipinski definition) is 2. The molecule has 1 aromatic heterocycles. The van der Waals surface area contributed by atoms with E-state index >= 15 is 0 Å². The number of aromatic nitrogens is 1. The first-order chi connectivity index (χ1) is 6.15. The lowest BCUT2D eigenvalue weighted by atomic mass is 10.3. The molecule has 4 heteroatoms. The summed E-state index contributed by atoms with van der Waals surface area (Å²) in [7, 11) is 1.66. The molecule has 3 nitrogen and oxygen atoms in total. The van der Waals surface area contributed by atoms with E-state index in [4.69, 9.17) is 11.6 Å². The second-order valence-electron chi connectivity index (χ2n) is 2.72. The fourth-order valence-electron chi connectivity index (χ4n) is 0.933. The van der Waals surface area contributed by atoms with E-state index in [1.54, 1.807) is 13.1 Å². The first-order valence-electron chi connectivity index (χ1n) is 3.91. The fourth-order valence-corrected chi connectivity index (χ4v) is 1.11. The molecule has 0 aliphatic rings. The SMILES string of the molecule is Cc1cccc(N(C)C(=O)CCl)n1. The average Bonchev–Trinajstić information content (AvgIpc) is 2.15. The number of pyridine rings is 1. The largest absolute Gasteiger partial charge is 0.299 e. The van der Waals surface area contributed by atoms with Crippen molar-refractivity contribution in [1.82, 2.24) is 4.98 Å². The Kier molecular flexibility index (Phi) is 3.25. The van der Waals surface area contributed by atoms with Crippen LogP contribution in [0.2, 0.25) is 0 Å². The van der Waals surface area contributed by atoms with Gasteiger partial charge in [-0.3, -0.25) is 9.69 Å². The summed E-state index contributed by atoms with van der Waals surface area (Å²) in [6, 6.07) is 5.51. The zero-order valence-electron chi connectivity index (χ0n) is 7.62. The van der Waals surface area contributed by atoms with Gasteiger partial charge in [0.1, 0.15) is 11.7 Å². The first-order valence-corrected chi connectivity index (χ1v) is 4.45. The molecule has 0 aliphatic heterocycles. The number of anilines is 1. The molecule has 1 aromatic rings. The molecule has 0 aromatic carbocycles. The van der Waals surface area contributed by atoms with Gasteiger partial charge >= 0.3 is 0 Å². The van der Waals surface area contributed by atoms with Crippen molar-refractivity contribution in [2.75, 3.05) is 17.8 Å². The van der Waals surface area contributed by atoms with E-state index in [-0.39, 0.29) is 11.8 Å². The first kappa shape index (κ1) is 9.99. The maximum Gasteiger partial charge on any atom is 0.242 e. The Morgan fingerprint density at radius 2 is 2.31 bits per heavy atom. The standard InChI is InChI=1S/C9H11ClN2O/c1-7-4-3-5-8(11-7)12(2)9(13)6-10/h3-5H,6H2,1-2H3. The van der Waals surface area contributed by atoms with Gasteiger partial charge in [0.25, 0.3) is 0 Å². The van der Waals surface area contributed by atoms with Crippen molar-refractivity contribution in [3.05, 3.63) is 23.9 Å². The number of amides is 1. The third kappa shape index (κ3) is 2.42. The molecule has 0 bridgehead atoms. The highest BCUT2D eigenvalue weighted by Gasteiger charge is 2.09. The minimum Gasteiger partial charge on any atom is -0.299 e. The fraction of sp³-hybridized carbons (Fsp3) is 0.333. The van der Waals surface area contributed by atoms with E-state index in [0.29, 0.717) is 5.82 Å². The van der Waals surface area contributed by atoms with E-state index in [9.17, 15) is 4.79 Å². The molecule has 13 heavy (non-hydrogen) atoms. The molecule has 0 saturated heterocycles. The van der Waals surface area contributed by atoms with Crippen molar-refractivity contribution in [1.29, 1.82) is 0 Å². The van der Waals surface area contributed by atoms with Gasteiger partial charge < -0.3 is 0 Å². The number of rotatable bonds is 2. The molecule has 1 heterocycles. The Bertz CT molecular complexity index is 314. The van der Waals surface area contributed by atoms with Crippen molar-refractivity contribution in [2.24, 2.45) is 0 Å². The van der Waals surface area contributed by atoms with Crippen molar-refractivity contribution in [3.63, 3.8) is 0 Å². The molecular weight excluding hydrogens is 188 g/mol. The average molecular weight is 199 g/mol. The summed E-state index contributed by atoms with van der Waals surface area (Å²) in [4.78, 5) is 16.8. The number of aryl methyl sites for hydroxylation is 1. The second kappa shape index (κ2) is 4.23. The van der Waals surface area contributed by atoms with Crippen LogP contribution in [0.15, 0.2) is 18.2 Å². The summed E-state index contributed by atoms with van der Waals surface area (Å²) in [5, 5.41) is 0. The highest BCUT2D eigenvalue weighted by atomic mass is 35.5. The minimum atomic E-state index is -0.153. The predicted octanol–water partition coefficient (Wildman–Crippen LogP) is 1.59.